The number of amides is 1. The van der Waals surface area contributed by atoms with E-state index < -0.39 is 22.8 Å². The van der Waals surface area contributed by atoms with Gasteiger partial charge in [0.25, 0.3) is 5.69 Å². The van der Waals surface area contributed by atoms with E-state index in [2.05, 4.69) is 11.1 Å². The molecular weight excluding hydrogens is 316 g/mol. The average Bonchev–Trinajstić information content (AvgIpc) is 2.45. The molecule has 0 bridgehead atoms. The zero-order chi connectivity index (χ0) is 16.7. The van der Waals surface area contributed by atoms with Crippen LogP contribution in [0.5, 0.6) is 0 Å². The SMILES string of the molecule is [NH3+]CC[NH2+][C@H](CC(=O)Nc1cc([N+](=O)[O-])ccc1Cl)C(=O)[O-]. The highest BCUT2D eigenvalue weighted by atomic mass is 35.5. The van der Waals surface area contributed by atoms with Crippen molar-refractivity contribution in [1.82, 2.24) is 0 Å². The molecule has 1 aromatic carbocycles. The number of nitrogens with zero attached hydrogens (tertiary/aromatic N) is 1. The Morgan fingerprint density at radius 1 is 1.45 bits per heavy atom. The number of quaternary nitrogens is 2. The second-order valence-electron chi connectivity index (χ2n) is 4.48. The Balaban J connectivity index is 2.77. The molecule has 0 aliphatic rings. The number of rotatable bonds is 8. The normalized spacial score (nSPS) is 11.7. The summed E-state index contributed by atoms with van der Waals surface area (Å²) in [5.74, 6) is -1.99. The van der Waals surface area contributed by atoms with E-state index in [0.29, 0.717) is 13.1 Å². The van der Waals surface area contributed by atoms with Crippen molar-refractivity contribution in [3.63, 3.8) is 0 Å². The van der Waals surface area contributed by atoms with E-state index in [-0.39, 0.29) is 22.8 Å². The summed E-state index contributed by atoms with van der Waals surface area (Å²) in [6, 6.07) is 2.53. The second-order valence-corrected chi connectivity index (χ2v) is 4.88. The van der Waals surface area contributed by atoms with Gasteiger partial charge in [0, 0.05) is 12.1 Å². The zero-order valence-electron chi connectivity index (χ0n) is 11.6. The van der Waals surface area contributed by atoms with Crippen LogP contribution in [0.15, 0.2) is 18.2 Å². The minimum atomic E-state index is -1.37. The molecule has 10 heteroatoms. The molecule has 1 aromatic rings. The molecule has 6 N–H and O–H groups in total. The lowest BCUT2D eigenvalue weighted by Gasteiger charge is -2.15. The van der Waals surface area contributed by atoms with Crippen LogP contribution in [-0.4, -0.2) is 35.9 Å². The van der Waals surface area contributed by atoms with Gasteiger partial charge in [-0.15, -0.1) is 0 Å². The van der Waals surface area contributed by atoms with Gasteiger partial charge in [0.05, 0.1) is 28.0 Å². The third-order valence-corrected chi connectivity index (χ3v) is 3.13. The summed E-state index contributed by atoms with van der Waals surface area (Å²) in [5.41, 5.74) is 3.39. The average molecular weight is 332 g/mol. The Bertz CT molecular complexity index is 581. The number of anilines is 1. The summed E-state index contributed by atoms with van der Waals surface area (Å²) in [6.07, 6.45) is -0.346. The highest BCUT2D eigenvalue weighted by Crippen LogP contribution is 2.26. The van der Waals surface area contributed by atoms with E-state index in [1.54, 1.807) is 0 Å². The summed E-state index contributed by atoms with van der Waals surface area (Å²) < 4.78 is 0. The van der Waals surface area contributed by atoms with Crippen LogP contribution < -0.4 is 21.5 Å². The van der Waals surface area contributed by atoms with Crippen LogP contribution >= 0.6 is 11.6 Å². The number of carboxylic acids is 1. The van der Waals surface area contributed by atoms with Gasteiger partial charge in [0.1, 0.15) is 19.1 Å². The number of nitrogens with one attached hydrogen (secondary N) is 1. The molecule has 0 aliphatic heterocycles. The van der Waals surface area contributed by atoms with Gasteiger partial charge < -0.3 is 26.3 Å². The van der Waals surface area contributed by atoms with Crippen LogP contribution in [0.3, 0.4) is 0 Å². The van der Waals surface area contributed by atoms with E-state index in [4.69, 9.17) is 11.6 Å². The maximum atomic E-state index is 11.9. The molecule has 1 atom stereocenters. The van der Waals surface area contributed by atoms with Gasteiger partial charge >= 0.3 is 0 Å². The predicted molar refractivity (Wildman–Crippen MR) is 74.7 cm³/mol. The van der Waals surface area contributed by atoms with Gasteiger partial charge in [-0.3, -0.25) is 14.9 Å². The Kier molecular flexibility index (Phi) is 6.70. The van der Waals surface area contributed by atoms with Crippen molar-refractivity contribution in [3.8, 4) is 0 Å². The number of carbonyl (C=O) groups is 2. The number of hydrogen-bond donors (Lipinski definition) is 3. The molecule has 1 rings (SSSR count). The number of non-ortho nitro benzene ring substituents is 1. The molecule has 0 heterocycles. The molecule has 1 amide bonds. The molecule has 22 heavy (non-hydrogen) atoms. The molecule has 120 valence electrons. The van der Waals surface area contributed by atoms with Crippen LogP contribution in [0, 0.1) is 10.1 Å². The summed E-state index contributed by atoms with van der Waals surface area (Å²) in [6.45, 7) is 0.936. The minimum Gasteiger partial charge on any atom is -0.544 e. The van der Waals surface area contributed by atoms with Crippen LogP contribution in [0.25, 0.3) is 0 Å². The molecule has 0 saturated heterocycles. The van der Waals surface area contributed by atoms with Crippen LogP contribution in [0.2, 0.25) is 5.02 Å². The zero-order valence-corrected chi connectivity index (χ0v) is 12.3. The molecule has 0 radical (unpaired) electrons. The number of halogens is 1. The fourth-order valence-corrected chi connectivity index (χ4v) is 1.87. The summed E-state index contributed by atoms with van der Waals surface area (Å²) in [5, 5.41) is 25.6. The summed E-state index contributed by atoms with van der Waals surface area (Å²) >= 11 is 5.85. The van der Waals surface area contributed by atoms with Crippen molar-refractivity contribution in [2.45, 2.75) is 12.5 Å². The predicted octanol–water partition coefficient (Wildman–Crippen LogP) is -2.50. The lowest BCUT2D eigenvalue weighted by Crippen LogP contribution is -2.95. The van der Waals surface area contributed by atoms with Crippen molar-refractivity contribution in [1.29, 1.82) is 0 Å². The Labute approximate surface area is 130 Å². The van der Waals surface area contributed by atoms with Crippen molar-refractivity contribution in [3.05, 3.63) is 33.3 Å². The molecule has 0 unspecified atom stereocenters. The lowest BCUT2D eigenvalue weighted by atomic mass is 10.2. The number of carboxylic acid groups (broad SMARTS) is 1. The number of nitrogens with two attached hydrogens (primary N) is 1. The molecule has 0 fully saturated rings. The Hall–Kier alpha value is -2.23. The van der Waals surface area contributed by atoms with E-state index in [1.807, 2.05) is 0 Å². The smallest absolute Gasteiger partial charge is 0.271 e. The van der Waals surface area contributed by atoms with Crippen molar-refractivity contribution < 1.29 is 30.7 Å². The van der Waals surface area contributed by atoms with Crippen LogP contribution in [0.1, 0.15) is 6.42 Å². The quantitative estimate of drug-likeness (QED) is 0.354. The van der Waals surface area contributed by atoms with Gasteiger partial charge in [0.15, 0.2) is 0 Å². The van der Waals surface area contributed by atoms with Gasteiger partial charge in [-0.05, 0) is 6.07 Å². The lowest BCUT2D eigenvalue weighted by molar-refractivity contribution is -0.695. The topological polar surface area (TPSA) is 157 Å². The molecular formula is C12H16ClN4O5+. The van der Waals surface area contributed by atoms with Crippen molar-refractivity contribution in [2.24, 2.45) is 0 Å². The minimum absolute atomic E-state index is 0.0510. The van der Waals surface area contributed by atoms with Gasteiger partial charge in [-0.1, -0.05) is 11.6 Å². The number of benzene rings is 1. The highest BCUT2D eigenvalue weighted by Gasteiger charge is 2.19. The van der Waals surface area contributed by atoms with E-state index in [0.717, 1.165) is 6.07 Å². The third-order valence-electron chi connectivity index (χ3n) is 2.80. The first-order valence-corrected chi connectivity index (χ1v) is 6.80. The van der Waals surface area contributed by atoms with E-state index >= 15 is 0 Å². The first kappa shape index (κ1) is 17.8. The number of nitro benzene ring substituents is 1. The molecule has 0 spiro atoms. The second kappa shape index (κ2) is 8.27. The number of carbonyl (C=O) groups excluding carboxylic acids is 2. The summed E-state index contributed by atoms with van der Waals surface area (Å²) in [7, 11) is 0. The fourth-order valence-electron chi connectivity index (χ4n) is 1.71. The molecule has 9 nitrogen and oxygen atoms in total. The van der Waals surface area contributed by atoms with Gasteiger partial charge in [0.2, 0.25) is 5.91 Å². The first-order chi connectivity index (χ1) is 10.3. The van der Waals surface area contributed by atoms with Crippen LogP contribution in [-0.2, 0) is 9.59 Å². The Morgan fingerprint density at radius 2 is 2.14 bits per heavy atom. The number of hydrogen-bond acceptors (Lipinski definition) is 5. The van der Waals surface area contributed by atoms with E-state index in [1.165, 1.54) is 17.4 Å². The van der Waals surface area contributed by atoms with Crippen molar-refractivity contribution in [2.75, 3.05) is 18.4 Å². The monoisotopic (exact) mass is 331 g/mol. The maximum Gasteiger partial charge on any atom is 0.271 e. The fraction of sp³-hybridized carbons (Fsp3) is 0.333. The first-order valence-electron chi connectivity index (χ1n) is 6.42. The molecule has 0 saturated carbocycles. The number of aliphatic carboxylic acids is 1. The van der Waals surface area contributed by atoms with Crippen LogP contribution in [0.4, 0.5) is 11.4 Å². The van der Waals surface area contributed by atoms with Crippen molar-refractivity contribution >= 4 is 34.9 Å². The van der Waals surface area contributed by atoms with Gasteiger partial charge in [-0.2, -0.15) is 0 Å². The standard InChI is InChI=1S/C12H15ClN4O5/c13-8-2-1-7(17(21)22)5-9(8)16-11(18)6-10(12(19)20)15-4-3-14/h1-2,5,10,15H,3-4,6,14H2,(H,16,18)(H,19,20)/p+1/t10-/m1/s1. The molecule has 0 aromatic heterocycles. The highest BCUT2D eigenvalue weighted by molar-refractivity contribution is 6.33. The maximum absolute atomic E-state index is 11.9. The van der Waals surface area contributed by atoms with E-state index in [9.17, 15) is 24.8 Å². The third kappa shape index (κ3) is 5.28. The van der Waals surface area contributed by atoms with Gasteiger partial charge in [-0.25, -0.2) is 0 Å². The largest absolute Gasteiger partial charge is 0.544 e. The Morgan fingerprint density at radius 3 is 2.68 bits per heavy atom. The summed E-state index contributed by atoms with van der Waals surface area (Å²) in [4.78, 5) is 32.9. The molecule has 0 aliphatic carbocycles. The number of nitro groups is 1.